The van der Waals surface area contributed by atoms with E-state index in [0.717, 1.165) is 21.7 Å². The second-order valence-corrected chi connectivity index (χ2v) is 12.1. The molecule has 1 aliphatic heterocycles. The van der Waals surface area contributed by atoms with Crippen LogP contribution in [0.3, 0.4) is 0 Å². The summed E-state index contributed by atoms with van der Waals surface area (Å²) in [5.41, 5.74) is 4.36. The molecule has 0 spiro atoms. The number of amides is 2. The molecule has 1 fully saturated rings. The Kier molecular flexibility index (Phi) is 12.2. The number of rotatable bonds is 15. The largest absolute Gasteiger partial charge is 0.481 e. The Morgan fingerprint density at radius 3 is 2.41 bits per heavy atom. The molecular formula is C29H42N4O7S. The third-order valence-electron chi connectivity index (χ3n) is 6.83. The number of nitrogens with one attached hydrogen (secondary N) is 2. The fourth-order valence-corrected chi connectivity index (χ4v) is 5.46. The van der Waals surface area contributed by atoms with E-state index in [2.05, 4.69) is 15.6 Å². The normalized spacial score (nSPS) is 17.9. The van der Waals surface area contributed by atoms with Crippen LogP contribution in [0.5, 0.6) is 0 Å². The van der Waals surface area contributed by atoms with E-state index in [4.69, 9.17) is 14.6 Å². The predicted molar refractivity (Wildman–Crippen MR) is 155 cm³/mol. The molecule has 2 heterocycles. The van der Waals surface area contributed by atoms with Gasteiger partial charge in [-0.05, 0) is 23.5 Å². The highest BCUT2D eigenvalue weighted by molar-refractivity contribution is 7.13. The van der Waals surface area contributed by atoms with Gasteiger partial charge in [0.05, 0.1) is 61.1 Å². The monoisotopic (exact) mass is 590 g/mol. The van der Waals surface area contributed by atoms with Gasteiger partial charge in [-0.3, -0.25) is 14.4 Å². The number of carbonyl (C=O) groups is 3. The molecule has 3 atom stereocenters. The van der Waals surface area contributed by atoms with E-state index in [1.165, 1.54) is 4.90 Å². The van der Waals surface area contributed by atoms with E-state index in [-0.39, 0.29) is 44.4 Å². The van der Waals surface area contributed by atoms with Crippen molar-refractivity contribution < 1.29 is 34.1 Å². The zero-order valence-electron chi connectivity index (χ0n) is 24.2. The number of hydrogen-bond donors (Lipinski definition) is 4. The van der Waals surface area contributed by atoms with Crippen molar-refractivity contribution in [2.75, 3.05) is 39.5 Å². The van der Waals surface area contributed by atoms with Crippen molar-refractivity contribution in [1.29, 1.82) is 0 Å². The molecule has 1 aromatic carbocycles. The quantitative estimate of drug-likeness (QED) is 0.229. The van der Waals surface area contributed by atoms with Crippen molar-refractivity contribution in [3.63, 3.8) is 0 Å². The van der Waals surface area contributed by atoms with Crippen molar-refractivity contribution in [2.45, 2.75) is 65.3 Å². The first kappa shape index (κ1) is 32.6. The fraction of sp³-hybridized carbons (Fsp3) is 0.586. The predicted octanol–water partition coefficient (Wildman–Crippen LogP) is 2.21. The van der Waals surface area contributed by atoms with E-state index in [1.807, 2.05) is 57.5 Å². The Morgan fingerprint density at radius 1 is 1.12 bits per heavy atom. The summed E-state index contributed by atoms with van der Waals surface area (Å²) in [5.74, 6) is -1.45. The van der Waals surface area contributed by atoms with Gasteiger partial charge in [0.25, 0.3) is 0 Å². The van der Waals surface area contributed by atoms with Crippen molar-refractivity contribution in [3.8, 4) is 10.4 Å². The summed E-state index contributed by atoms with van der Waals surface area (Å²) < 4.78 is 10.7. The van der Waals surface area contributed by atoms with E-state index in [0.29, 0.717) is 26.3 Å². The number of benzene rings is 1. The van der Waals surface area contributed by atoms with Crippen molar-refractivity contribution in [1.82, 2.24) is 20.5 Å². The number of carboxylic acid groups (broad SMARTS) is 1. The van der Waals surface area contributed by atoms with Crippen LogP contribution in [0.15, 0.2) is 29.8 Å². The zero-order valence-corrected chi connectivity index (χ0v) is 25.0. The number of nitrogens with zero attached hydrogens (tertiary/aromatic N) is 2. The molecule has 41 heavy (non-hydrogen) atoms. The maximum atomic E-state index is 13.7. The maximum absolute atomic E-state index is 13.7. The summed E-state index contributed by atoms with van der Waals surface area (Å²) in [6, 6.07) is 6.58. The molecule has 2 aromatic rings. The highest BCUT2D eigenvalue weighted by Crippen LogP contribution is 2.28. The van der Waals surface area contributed by atoms with Gasteiger partial charge in [-0.1, -0.05) is 45.0 Å². The Morgan fingerprint density at radius 2 is 1.80 bits per heavy atom. The Bertz CT molecular complexity index is 1150. The third kappa shape index (κ3) is 9.86. The van der Waals surface area contributed by atoms with E-state index >= 15 is 0 Å². The van der Waals surface area contributed by atoms with Crippen LogP contribution in [-0.2, 0) is 30.4 Å². The molecule has 1 aromatic heterocycles. The maximum Gasteiger partial charge on any atom is 0.305 e. The molecule has 4 N–H and O–H groups in total. The van der Waals surface area contributed by atoms with Gasteiger partial charge in [0.15, 0.2) is 0 Å². The Labute approximate surface area is 245 Å². The number of aliphatic hydroxyl groups is 1. The number of carboxylic acids is 1. The van der Waals surface area contributed by atoms with Gasteiger partial charge in [-0.15, -0.1) is 11.3 Å². The lowest BCUT2D eigenvalue weighted by Gasteiger charge is -2.35. The molecule has 0 bridgehead atoms. The van der Waals surface area contributed by atoms with Crippen LogP contribution in [0.2, 0.25) is 0 Å². The van der Waals surface area contributed by atoms with Crippen molar-refractivity contribution in [3.05, 3.63) is 41.0 Å². The van der Waals surface area contributed by atoms with Gasteiger partial charge in [0, 0.05) is 26.1 Å². The summed E-state index contributed by atoms with van der Waals surface area (Å²) in [6.07, 6.45) is -0.646. The van der Waals surface area contributed by atoms with E-state index in [9.17, 15) is 19.5 Å². The lowest BCUT2D eigenvalue weighted by Crippen LogP contribution is -2.57. The van der Waals surface area contributed by atoms with Gasteiger partial charge in [0.1, 0.15) is 6.04 Å². The molecule has 2 amide bonds. The molecule has 12 heteroatoms. The van der Waals surface area contributed by atoms with Crippen LogP contribution >= 0.6 is 11.3 Å². The SMILES string of the molecule is Cc1ncsc1-c1ccc(CNC(=O)C2CC(O)CN2C(=O)C(NCCOCCOCCC(=O)O)C(C)(C)C)cc1. The summed E-state index contributed by atoms with van der Waals surface area (Å²) in [7, 11) is 0. The van der Waals surface area contributed by atoms with Crippen LogP contribution in [0, 0.1) is 12.3 Å². The first-order chi connectivity index (χ1) is 19.5. The molecule has 0 saturated carbocycles. The second-order valence-electron chi connectivity index (χ2n) is 11.2. The van der Waals surface area contributed by atoms with Crippen LogP contribution in [0.1, 0.15) is 44.9 Å². The Hall–Kier alpha value is -2.90. The minimum absolute atomic E-state index is 0.0535. The smallest absolute Gasteiger partial charge is 0.305 e. The first-order valence-corrected chi connectivity index (χ1v) is 14.7. The van der Waals surface area contributed by atoms with Crippen LogP contribution in [-0.4, -0.2) is 95.6 Å². The van der Waals surface area contributed by atoms with Gasteiger partial charge in [0.2, 0.25) is 11.8 Å². The lowest BCUT2D eigenvalue weighted by atomic mass is 9.85. The topological polar surface area (TPSA) is 150 Å². The van der Waals surface area contributed by atoms with Crippen LogP contribution in [0.4, 0.5) is 0 Å². The highest BCUT2D eigenvalue weighted by Gasteiger charge is 2.43. The number of β-amino-alcohol motifs (C(OH)–C–C–N with tert-alkyl or cyclic N) is 1. The molecule has 1 aliphatic rings. The number of aliphatic hydroxyl groups excluding tert-OH is 1. The van der Waals surface area contributed by atoms with Gasteiger partial charge >= 0.3 is 5.97 Å². The van der Waals surface area contributed by atoms with Gasteiger partial charge < -0.3 is 35.2 Å². The van der Waals surface area contributed by atoms with E-state index < -0.39 is 29.6 Å². The van der Waals surface area contributed by atoms with Crippen molar-refractivity contribution in [2.24, 2.45) is 5.41 Å². The molecule has 11 nitrogen and oxygen atoms in total. The van der Waals surface area contributed by atoms with Crippen LogP contribution in [0.25, 0.3) is 10.4 Å². The first-order valence-electron chi connectivity index (χ1n) is 13.8. The van der Waals surface area contributed by atoms with Gasteiger partial charge in [-0.25, -0.2) is 4.98 Å². The summed E-state index contributed by atoms with van der Waals surface area (Å²) >= 11 is 1.59. The van der Waals surface area contributed by atoms with Gasteiger partial charge in [-0.2, -0.15) is 0 Å². The lowest BCUT2D eigenvalue weighted by molar-refractivity contribution is -0.142. The third-order valence-corrected chi connectivity index (χ3v) is 7.81. The molecule has 0 radical (unpaired) electrons. The molecular weight excluding hydrogens is 548 g/mol. The molecule has 1 saturated heterocycles. The van der Waals surface area contributed by atoms with Crippen molar-refractivity contribution >= 4 is 29.1 Å². The number of hydrogen-bond acceptors (Lipinski definition) is 9. The fourth-order valence-electron chi connectivity index (χ4n) is 4.65. The summed E-state index contributed by atoms with van der Waals surface area (Å²) in [6.45, 7) is 9.66. The molecule has 0 aliphatic carbocycles. The Balaban J connectivity index is 1.51. The number of aliphatic carboxylic acids is 1. The number of carbonyl (C=O) groups excluding carboxylic acids is 2. The number of aryl methyl sites for hydroxylation is 1. The molecule has 3 rings (SSSR count). The highest BCUT2D eigenvalue weighted by atomic mass is 32.1. The summed E-state index contributed by atoms with van der Waals surface area (Å²) in [4.78, 5) is 44.2. The minimum atomic E-state index is -0.911. The van der Waals surface area contributed by atoms with Crippen LogP contribution < -0.4 is 10.6 Å². The minimum Gasteiger partial charge on any atom is -0.481 e. The average molecular weight is 591 g/mol. The van der Waals surface area contributed by atoms with E-state index in [1.54, 1.807) is 11.3 Å². The summed E-state index contributed by atoms with van der Waals surface area (Å²) in [5, 5.41) is 25.2. The number of likely N-dealkylation sites (tertiary alicyclic amines) is 1. The standard InChI is InChI=1S/C29H42N4O7S/c1-19-25(41-18-32-19)21-7-5-20(6-8-21)16-31-27(37)23-15-22(34)17-33(23)28(38)26(29(2,3)4)30-10-12-40-14-13-39-11-9-24(35)36/h5-8,18,22-23,26,30,34H,9-17H2,1-4H3,(H,31,37)(H,35,36). The average Bonchev–Trinajstić information content (AvgIpc) is 3.52. The molecule has 226 valence electrons. The zero-order chi connectivity index (χ0) is 30.0. The second kappa shape index (κ2) is 15.4. The number of thiazole rings is 1. The number of aromatic nitrogens is 1. The molecule has 3 unspecified atom stereocenters. The number of ether oxygens (including phenoxy) is 2.